The lowest BCUT2D eigenvalue weighted by atomic mass is 10.1. The summed E-state index contributed by atoms with van der Waals surface area (Å²) in [4.78, 5) is 17.5. The van der Waals surface area contributed by atoms with E-state index in [0.29, 0.717) is 10.9 Å². The van der Waals surface area contributed by atoms with Gasteiger partial charge in [-0.3, -0.25) is 10.1 Å². The van der Waals surface area contributed by atoms with Crippen molar-refractivity contribution in [3.05, 3.63) is 74.7 Å². The normalized spacial score (nSPS) is 11.6. The SMILES string of the molecule is O=[N+]([O-])c1c2c3ccccc3nc(-c3ccc(Br)s3)c2n2ccccc12. The first kappa shape index (κ1) is 15.5. The lowest BCUT2D eigenvalue weighted by Crippen LogP contribution is -1.90. The Morgan fingerprint density at radius 1 is 1.08 bits per heavy atom. The molecule has 0 aliphatic heterocycles. The number of pyridine rings is 2. The maximum absolute atomic E-state index is 12.0. The minimum atomic E-state index is -0.293. The Morgan fingerprint density at radius 2 is 1.88 bits per heavy atom. The van der Waals surface area contributed by atoms with E-state index in [9.17, 15) is 10.1 Å². The quantitative estimate of drug-likeness (QED) is 0.256. The van der Waals surface area contributed by atoms with Gasteiger partial charge in [0.1, 0.15) is 11.2 Å². The van der Waals surface area contributed by atoms with Gasteiger partial charge in [0.15, 0.2) is 0 Å². The molecule has 7 heteroatoms. The van der Waals surface area contributed by atoms with E-state index in [1.807, 2.05) is 59.1 Å². The van der Waals surface area contributed by atoms with Crippen molar-refractivity contribution in [1.82, 2.24) is 9.38 Å². The van der Waals surface area contributed by atoms with Gasteiger partial charge in [-0.25, -0.2) is 4.98 Å². The Hall–Kier alpha value is -2.77. The summed E-state index contributed by atoms with van der Waals surface area (Å²) in [5.41, 5.74) is 2.96. The second kappa shape index (κ2) is 5.62. The van der Waals surface area contributed by atoms with Crippen LogP contribution in [0.15, 0.2) is 64.6 Å². The third-order valence-electron chi connectivity index (χ3n) is 4.44. The number of nitrogens with zero attached hydrogens (tertiary/aromatic N) is 3. The summed E-state index contributed by atoms with van der Waals surface area (Å²) >= 11 is 5.06. The van der Waals surface area contributed by atoms with E-state index in [4.69, 9.17) is 4.98 Å². The van der Waals surface area contributed by atoms with E-state index in [2.05, 4.69) is 15.9 Å². The molecular weight excluding hydrogens is 414 g/mol. The fourth-order valence-corrected chi connectivity index (χ4v) is 4.81. The van der Waals surface area contributed by atoms with E-state index in [1.54, 1.807) is 17.4 Å². The molecule has 1 aromatic carbocycles. The van der Waals surface area contributed by atoms with Crippen LogP contribution < -0.4 is 0 Å². The summed E-state index contributed by atoms with van der Waals surface area (Å²) in [6, 6.07) is 17.0. The first-order valence-electron chi connectivity index (χ1n) is 7.87. The summed E-state index contributed by atoms with van der Waals surface area (Å²) in [5.74, 6) is 0. The Labute approximate surface area is 159 Å². The number of thiophene rings is 1. The zero-order chi connectivity index (χ0) is 17.8. The van der Waals surface area contributed by atoms with Crippen molar-refractivity contribution in [2.45, 2.75) is 0 Å². The van der Waals surface area contributed by atoms with Crippen LogP contribution in [0.3, 0.4) is 0 Å². The highest BCUT2D eigenvalue weighted by Gasteiger charge is 2.26. The lowest BCUT2D eigenvalue weighted by molar-refractivity contribution is -0.381. The molecule has 0 aliphatic rings. The van der Waals surface area contributed by atoms with Gasteiger partial charge in [0.25, 0.3) is 0 Å². The Morgan fingerprint density at radius 3 is 2.65 bits per heavy atom. The largest absolute Gasteiger partial charge is 0.308 e. The molecule has 0 saturated heterocycles. The van der Waals surface area contributed by atoms with Crippen molar-refractivity contribution < 1.29 is 4.92 Å². The van der Waals surface area contributed by atoms with Crippen LogP contribution in [0.25, 0.3) is 37.9 Å². The fraction of sp³-hybridized carbons (Fsp3) is 0. The summed E-state index contributed by atoms with van der Waals surface area (Å²) in [7, 11) is 0. The van der Waals surface area contributed by atoms with Gasteiger partial charge in [-0.15, -0.1) is 11.3 Å². The molecule has 0 atom stereocenters. The van der Waals surface area contributed by atoms with Gasteiger partial charge >= 0.3 is 5.69 Å². The van der Waals surface area contributed by atoms with E-state index >= 15 is 0 Å². The van der Waals surface area contributed by atoms with Crippen molar-refractivity contribution in [2.75, 3.05) is 0 Å². The predicted octanol–water partition coefficient (Wildman–Crippen LogP) is 6.04. The van der Waals surface area contributed by atoms with Crippen molar-refractivity contribution >= 4 is 60.3 Å². The van der Waals surface area contributed by atoms with Gasteiger partial charge in [0, 0.05) is 11.6 Å². The lowest BCUT2D eigenvalue weighted by Gasteiger charge is -2.06. The number of fused-ring (bicyclic) bond motifs is 5. The van der Waals surface area contributed by atoms with E-state index in [0.717, 1.165) is 30.8 Å². The van der Waals surface area contributed by atoms with Crippen molar-refractivity contribution in [1.29, 1.82) is 0 Å². The van der Waals surface area contributed by atoms with Crippen LogP contribution in [0.1, 0.15) is 0 Å². The molecule has 4 heterocycles. The van der Waals surface area contributed by atoms with Crippen molar-refractivity contribution in [3.63, 3.8) is 0 Å². The minimum Gasteiger partial charge on any atom is -0.308 e. The van der Waals surface area contributed by atoms with Crippen LogP contribution >= 0.6 is 27.3 Å². The van der Waals surface area contributed by atoms with Crippen LogP contribution in [-0.4, -0.2) is 14.3 Å². The van der Waals surface area contributed by atoms with E-state index < -0.39 is 0 Å². The predicted molar refractivity (Wildman–Crippen MR) is 108 cm³/mol. The molecule has 0 bridgehead atoms. The molecule has 0 radical (unpaired) electrons. The number of nitro groups is 1. The molecule has 126 valence electrons. The second-order valence-electron chi connectivity index (χ2n) is 5.87. The first-order valence-corrected chi connectivity index (χ1v) is 9.47. The van der Waals surface area contributed by atoms with E-state index in [1.165, 1.54) is 0 Å². The molecule has 0 aliphatic carbocycles. The number of benzene rings is 1. The Bertz CT molecular complexity index is 1340. The summed E-state index contributed by atoms with van der Waals surface area (Å²) < 4.78 is 2.86. The molecule has 0 amide bonds. The standard InChI is InChI=1S/C19H10BrN3O2S/c20-15-9-8-14(26-15)17-19-16(11-5-1-2-6-12(11)21-17)18(23(24)25)13-7-3-4-10-22(13)19/h1-10H. The number of para-hydroxylation sites is 1. The number of halogens is 1. The van der Waals surface area contributed by atoms with Gasteiger partial charge in [0.2, 0.25) is 0 Å². The smallest absolute Gasteiger partial charge is 0.303 e. The highest BCUT2D eigenvalue weighted by Crippen LogP contribution is 2.43. The number of hydrogen-bond acceptors (Lipinski definition) is 4. The average molecular weight is 424 g/mol. The zero-order valence-electron chi connectivity index (χ0n) is 13.2. The Kier molecular flexibility index (Phi) is 3.35. The molecule has 0 saturated carbocycles. The van der Waals surface area contributed by atoms with Crippen LogP contribution in [0, 0.1) is 10.1 Å². The number of hydrogen-bond donors (Lipinski definition) is 0. The van der Waals surface area contributed by atoms with Gasteiger partial charge in [-0.05, 0) is 46.3 Å². The van der Waals surface area contributed by atoms with Crippen LogP contribution in [0.2, 0.25) is 0 Å². The average Bonchev–Trinajstić information content (AvgIpc) is 3.22. The van der Waals surface area contributed by atoms with Crippen molar-refractivity contribution in [3.8, 4) is 10.6 Å². The summed E-state index contributed by atoms with van der Waals surface area (Å²) in [6.07, 6.45) is 1.85. The molecule has 0 N–H and O–H groups in total. The molecule has 0 fully saturated rings. The topological polar surface area (TPSA) is 60.4 Å². The minimum absolute atomic E-state index is 0.121. The molecular formula is C19H10BrN3O2S. The van der Waals surface area contributed by atoms with Crippen LogP contribution in [0.4, 0.5) is 5.69 Å². The van der Waals surface area contributed by atoms with Gasteiger partial charge in [-0.1, -0.05) is 24.3 Å². The first-order chi connectivity index (χ1) is 12.6. The van der Waals surface area contributed by atoms with Crippen molar-refractivity contribution in [2.24, 2.45) is 0 Å². The zero-order valence-corrected chi connectivity index (χ0v) is 15.6. The highest BCUT2D eigenvalue weighted by atomic mass is 79.9. The third-order valence-corrected chi connectivity index (χ3v) is 6.07. The molecule has 5 aromatic rings. The molecule has 0 unspecified atom stereocenters. The van der Waals surface area contributed by atoms with Crippen LogP contribution in [-0.2, 0) is 0 Å². The molecule has 0 spiro atoms. The Balaban J connectivity index is 2.12. The molecule has 4 aromatic heterocycles. The van der Waals surface area contributed by atoms with Gasteiger partial charge in [-0.2, -0.15) is 0 Å². The maximum Gasteiger partial charge on any atom is 0.303 e. The number of aromatic nitrogens is 2. The maximum atomic E-state index is 12.0. The van der Waals surface area contributed by atoms with Gasteiger partial charge in [0.05, 0.1) is 30.0 Å². The molecule has 5 nitrogen and oxygen atoms in total. The monoisotopic (exact) mass is 423 g/mol. The summed E-state index contributed by atoms with van der Waals surface area (Å²) in [5, 5.41) is 13.4. The van der Waals surface area contributed by atoms with Crippen LogP contribution in [0.5, 0.6) is 0 Å². The van der Waals surface area contributed by atoms with Gasteiger partial charge < -0.3 is 4.40 Å². The number of rotatable bonds is 2. The molecule has 26 heavy (non-hydrogen) atoms. The summed E-state index contributed by atoms with van der Waals surface area (Å²) in [6.45, 7) is 0. The second-order valence-corrected chi connectivity index (χ2v) is 8.33. The highest BCUT2D eigenvalue weighted by molar-refractivity contribution is 9.11. The molecule has 5 rings (SSSR count). The van der Waals surface area contributed by atoms with E-state index in [-0.39, 0.29) is 10.6 Å². The fourth-order valence-electron chi connectivity index (χ4n) is 3.43. The third kappa shape index (κ3) is 2.11.